The van der Waals surface area contributed by atoms with E-state index in [0.717, 1.165) is 12.0 Å². The number of nitrogens with zero attached hydrogens (tertiary/aromatic N) is 1. The first-order chi connectivity index (χ1) is 12.1. The van der Waals surface area contributed by atoms with E-state index in [4.69, 9.17) is 17.0 Å². The molecule has 1 saturated heterocycles. The summed E-state index contributed by atoms with van der Waals surface area (Å²) in [5, 5.41) is 9.86. The summed E-state index contributed by atoms with van der Waals surface area (Å²) in [4.78, 5) is 14.8. The van der Waals surface area contributed by atoms with Gasteiger partial charge >= 0.3 is 0 Å². The van der Waals surface area contributed by atoms with Gasteiger partial charge in [-0.25, -0.2) is 0 Å². The largest absolute Gasteiger partial charge is 0.504 e. The van der Waals surface area contributed by atoms with Crippen LogP contribution in [0, 0.1) is 0 Å². The summed E-state index contributed by atoms with van der Waals surface area (Å²) in [6.07, 6.45) is 2.49. The van der Waals surface area contributed by atoms with Crippen molar-refractivity contribution in [2.24, 2.45) is 0 Å². The number of carbonyl (C=O) groups excluding carboxylic acids is 1. The van der Waals surface area contributed by atoms with Crippen LogP contribution < -0.4 is 4.74 Å². The van der Waals surface area contributed by atoms with Crippen LogP contribution in [0.25, 0.3) is 6.08 Å². The molecule has 0 aromatic heterocycles. The number of benzene rings is 2. The summed E-state index contributed by atoms with van der Waals surface area (Å²) in [7, 11) is 1.49. The maximum Gasteiger partial charge on any atom is 0.266 e. The average molecular weight is 371 g/mol. The molecule has 1 N–H and O–H groups in total. The Balaban J connectivity index is 1.73. The quantitative estimate of drug-likeness (QED) is 0.639. The standard InChI is InChI=1S/C19H17NO3S2/c1-23-16-8-7-14(11-15(16)21)12-17-18(22)20(19(24)25-17)10-9-13-5-3-2-4-6-13/h2-8,11-12,21H,9-10H2,1H3. The Morgan fingerprint density at radius 3 is 2.68 bits per heavy atom. The Labute approximate surface area is 156 Å². The lowest BCUT2D eigenvalue weighted by Gasteiger charge is -2.14. The molecule has 0 aliphatic carbocycles. The van der Waals surface area contributed by atoms with Gasteiger partial charge in [-0.2, -0.15) is 0 Å². The van der Waals surface area contributed by atoms with E-state index in [0.29, 0.717) is 21.5 Å². The molecule has 0 bridgehead atoms. The number of aromatic hydroxyl groups is 1. The molecule has 1 aliphatic heterocycles. The highest BCUT2D eigenvalue weighted by Crippen LogP contribution is 2.34. The zero-order valence-corrected chi connectivity index (χ0v) is 15.3. The number of hydrogen-bond donors (Lipinski definition) is 1. The number of thioether (sulfide) groups is 1. The molecule has 6 heteroatoms. The number of hydrogen-bond acceptors (Lipinski definition) is 5. The fraction of sp³-hybridized carbons (Fsp3) is 0.158. The van der Waals surface area contributed by atoms with E-state index in [1.54, 1.807) is 29.2 Å². The van der Waals surface area contributed by atoms with E-state index in [2.05, 4.69) is 0 Å². The summed E-state index contributed by atoms with van der Waals surface area (Å²) in [6.45, 7) is 0.555. The van der Waals surface area contributed by atoms with Gasteiger partial charge in [-0.05, 0) is 35.8 Å². The van der Waals surface area contributed by atoms with Crippen LogP contribution in [-0.2, 0) is 11.2 Å². The highest BCUT2D eigenvalue weighted by atomic mass is 32.2. The van der Waals surface area contributed by atoms with Gasteiger partial charge in [0, 0.05) is 6.54 Å². The molecule has 1 heterocycles. The smallest absolute Gasteiger partial charge is 0.266 e. The van der Waals surface area contributed by atoms with Gasteiger partial charge in [-0.1, -0.05) is 60.4 Å². The highest BCUT2D eigenvalue weighted by Gasteiger charge is 2.31. The third kappa shape index (κ3) is 4.03. The number of phenols is 1. The van der Waals surface area contributed by atoms with E-state index in [9.17, 15) is 9.90 Å². The van der Waals surface area contributed by atoms with Crippen LogP contribution in [0.15, 0.2) is 53.4 Å². The SMILES string of the molecule is COc1ccc(C=C2SC(=S)N(CCc3ccccc3)C2=O)cc1O. The van der Waals surface area contributed by atoms with Crippen LogP contribution in [0.3, 0.4) is 0 Å². The predicted molar refractivity (Wildman–Crippen MR) is 105 cm³/mol. The second-order valence-electron chi connectivity index (χ2n) is 5.50. The molecule has 1 aliphatic rings. The molecule has 0 atom stereocenters. The molecule has 0 saturated carbocycles. The lowest BCUT2D eigenvalue weighted by molar-refractivity contribution is -0.122. The number of amides is 1. The van der Waals surface area contributed by atoms with Crippen molar-refractivity contribution in [2.45, 2.75) is 6.42 Å². The number of ether oxygens (including phenoxy) is 1. The third-order valence-electron chi connectivity index (χ3n) is 3.84. The van der Waals surface area contributed by atoms with Crippen LogP contribution in [0.4, 0.5) is 0 Å². The Bertz CT molecular complexity index is 834. The van der Waals surface area contributed by atoms with Gasteiger partial charge in [0.15, 0.2) is 11.5 Å². The van der Waals surface area contributed by atoms with Crippen molar-refractivity contribution in [1.29, 1.82) is 0 Å². The van der Waals surface area contributed by atoms with Crippen molar-refractivity contribution < 1.29 is 14.6 Å². The van der Waals surface area contributed by atoms with Gasteiger partial charge in [0.2, 0.25) is 0 Å². The van der Waals surface area contributed by atoms with E-state index >= 15 is 0 Å². The summed E-state index contributed by atoms with van der Waals surface area (Å²) < 4.78 is 5.59. The Morgan fingerprint density at radius 2 is 2.00 bits per heavy atom. The Kier molecular flexibility index (Phi) is 5.40. The second kappa shape index (κ2) is 7.72. The highest BCUT2D eigenvalue weighted by molar-refractivity contribution is 8.26. The molecule has 1 amide bonds. The van der Waals surface area contributed by atoms with Crippen LogP contribution >= 0.6 is 24.0 Å². The molecule has 25 heavy (non-hydrogen) atoms. The minimum absolute atomic E-state index is 0.0378. The topological polar surface area (TPSA) is 49.8 Å². The van der Waals surface area contributed by atoms with Gasteiger partial charge in [-0.15, -0.1) is 0 Å². The monoisotopic (exact) mass is 371 g/mol. The van der Waals surface area contributed by atoms with Crippen molar-refractivity contribution in [2.75, 3.05) is 13.7 Å². The maximum atomic E-state index is 12.6. The number of methoxy groups -OCH3 is 1. The molecule has 0 radical (unpaired) electrons. The van der Waals surface area contributed by atoms with Crippen LogP contribution in [0.2, 0.25) is 0 Å². The molecule has 0 unspecified atom stereocenters. The zero-order chi connectivity index (χ0) is 17.8. The fourth-order valence-corrected chi connectivity index (χ4v) is 3.84. The molecule has 3 rings (SSSR count). The summed E-state index contributed by atoms with van der Waals surface area (Å²) in [5.41, 5.74) is 1.89. The van der Waals surface area contributed by atoms with Crippen LogP contribution in [0.5, 0.6) is 11.5 Å². The van der Waals surface area contributed by atoms with Crippen molar-refractivity contribution in [3.8, 4) is 11.5 Å². The summed E-state index contributed by atoms with van der Waals surface area (Å²) >= 11 is 6.63. The van der Waals surface area contributed by atoms with E-state index in [1.807, 2.05) is 30.3 Å². The molecule has 2 aromatic carbocycles. The first-order valence-electron chi connectivity index (χ1n) is 7.75. The molecule has 0 spiro atoms. The minimum Gasteiger partial charge on any atom is -0.504 e. The van der Waals surface area contributed by atoms with Crippen molar-refractivity contribution in [1.82, 2.24) is 4.90 Å². The van der Waals surface area contributed by atoms with Gasteiger partial charge in [-0.3, -0.25) is 9.69 Å². The van der Waals surface area contributed by atoms with Gasteiger partial charge in [0.05, 0.1) is 12.0 Å². The van der Waals surface area contributed by atoms with Gasteiger partial charge in [0.25, 0.3) is 5.91 Å². The third-order valence-corrected chi connectivity index (χ3v) is 5.22. The molecule has 128 valence electrons. The fourth-order valence-electron chi connectivity index (χ4n) is 2.53. The molecule has 4 nitrogen and oxygen atoms in total. The maximum absolute atomic E-state index is 12.6. The number of phenolic OH excluding ortho intramolecular Hbond substituents is 1. The normalized spacial score (nSPS) is 15.9. The first kappa shape index (κ1) is 17.5. The lowest BCUT2D eigenvalue weighted by Crippen LogP contribution is -2.30. The lowest BCUT2D eigenvalue weighted by atomic mass is 10.1. The average Bonchev–Trinajstić information content (AvgIpc) is 2.87. The molecular weight excluding hydrogens is 354 g/mol. The number of rotatable bonds is 5. The van der Waals surface area contributed by atoms with Crippen molar-refractivity contribution in [3.63, 3.8) is 0 Å². The molecule has 2 aromatic rings. The predicted octanol–water partition coefficient (Wildman–Crippen LogP) is 3.84. The Morgan fingerprint density at radius 1 is 1.24 bits per heavy atom. The van der Waals surface area contributed by atoms with E-state index in [1.165, 1.54) is 24.4 Å². The molecular formula is C19H17NO3S2. The van der Waals surface area contributed by atoms with Gasteiger partial charge in [0.1, 0.15) is 4.32 Å². The van der Waals surface area contributed by atoms with E-state index in [-0.39, 0.29) is 11.7 Å². The van der Waals surface area contributed by atoms with E-state index < -0.39 is 0 Å². The van der Waals surface area contributed by atoms with Gasteiger partial charge < -0.3 is 9.84 Å². The first-order valence-corrected chi connectivity index (χ1v) is 8.97. The zero-order valence-electron chi connectivity index (χ0n) is 13.6. The number of thiocarbonyl (C=S) groups is 1. The number of carbonyl (C=O) groups is 1. The summed E-state index contributed by atoms with van der Waals surface area (Å²) in [6, 6.07) is 15.0. The second-order valence-corrected chi connectivity index (χ2v) is 7.18. The van der Waals surface area contributed by atoms with Crippen molar-refractivity contribution in [3.05, 3.63) is 64.6 Å². The van der Waals surface area contributed by atoms with Crippen LogP contribution in [0.1, 0.15) is 11.1 Å². The molecule has 1 fully saturated rings. The van der Waals surface area contributed by atoms with Crippen LogP contribution in [-0.4, -0.2) is 33.9 Å². The minimum atomic E-state index is -0.0961. The Hall–Kier alpha value is -2.31. The summed E-state index contributed by atoms with van der Waals surface area (Å²) in [5.74, 6) is 0.338. The van der Waals surface area contributed by atoms with Crippen molar-refractivity contribution >= 4 is 40.3 Å².